The van der Waals surface area contributed by atoms with E-state index in [1.54, 1.807) is 0 Å². The molecule has 1 amide bonds. The maximum Gasteiger partial charge on any atom is 0.237 e. The van der Waals surface area contributed by atoms with Crippen LogP contribution in [0.3, 0.4) is 0 Å². The highest BCUT2D eigenvalue weighted by Gasteiger charge is 2.36. The lowest BCUT2D eigenvalue weighted by Crippen LogP contribution is -2.60. The Bertz CT molecular complexity index is 360. The van der Waals surface area contributed by atoms with Crippen LogP contribution in [0, 0.1) is 0 Å². The summed E-state index contributed by atoms with van der Waals surface area (Å²) in [7, 11) is 0. The van der Waals surface area contributed by atoms with E-state index in [1.807, 2.05) is 13.8 Å². The van der Waals surface area contributed by atoms with Crippen LogP contribution in [0.2, 0.25) is 0 Å². The van der Waals surface area contributed by atoms with Crippen LogP contribution >= 0.6 is 0 Å². The van der Waals surface area contributed by atoms with Crippen LogP contribution in [0.5, 0.6) is 0 Å². The molecule has 1 atom stereocenters. The minimum Gasteiger partial charge on any atom is -0.371 e. The summed E-state index contributed by atoms with van der Waals surface area (Å²) in [6, 6.07) is 0. The molecule has 2 aliphatic heterocycles. The van der Waals surface area contributed by atoms with Crippen LogP contribution in [0.1, 0.15) is 40.5 Å². The van der Waals surface area contributed by atoms with Crippen molar-refractivity contribution >= 4 is 5.91 Å². The van der Waals surface area contributed by atoms with E-state index in [9.17, 15) is 4.79 Å². The molecule has 0 bridgehead atoms. The van der Waals surface area contributed by atoms with Crippen LogP contribution in [0.15, 0.2) is 0 Å². The van der Waals surface area contributed by atoms with Gasteiger partial charge in [0.25, 0.3) is 0 Å². The third-order valence-electron chi connectivity index (χ3n) is 4.78. The summed E-state index contributed by atoms with van der Waals surface area (Å²) in [6.45, 7) is 12.9. The number of amides is 1. The van der Waals surface area contributed by atoms with Gasteiger partial charge in [-0.3, -0.25) is 14.6 Å². The van der Waals surface area contributed by atoms with Crippen molar-refractivity contribution in [3.63, 3.8) is 0 Å². The molecule has 2 aliphatic rings. The van der Waals surface area contributed by atoms with Gasteiger partial charge in [0.1, 0.15) is 0 Å². The van der Waals surface area contributed by atoms with Gasteiger partial charge in [0.05, 0.1) is 17.2 Å². The molecule has 0 saturated carbocycles. The smallest absolute Gasteiger partial charge is 0.237 e. The Labute approximate surface area is 122 Å². The number of nitrogens with zero attached hydrogens (tertiary/aromatic N) is 2. The highest BCUT2D eigenvalue weighted by Crippen LogP contribution is 2.30. The summed E-state index contributed by atoms with van der Waals surface area (Å²) < 4.78 is 6.05. The Hall–Kier alpha value is -0.650. The number of carbonyl (C=O) groups is 1. The van der Waals surface area contributed by atoms with Gasteiger partial charge in [-0.05, 0) is 40.5 Å². The fourth-order valence-corrected chi connectivity index (χ4v) is 3.14. The second-order valence-corrected chi connectivity index (χ2v) is 7.25. The summed E-state index contributed by atoms with van der Waals surface area (Å²) in [5.74, 6) is -0.244. The van der Waals surface area contributed by atoms with Crippen LogP contribution in [0.25, 0.3) is 0 Å². The van der Waals surface area contributed by atoms with E-state index < -0.39 is 5.54 Å². The lowest BCUT2D eigenvalue weighted by molar-refractivity contribution is -0.129. The summed E-state index contributed by atoms with van der Waals surface area (Å²) in [6.07, 6.45) is 2.66. The van der Waals surface area contributed by atoms with Gasteiger partial charge < -0.3 is 10.5 Å². The number of rotatable bonds is 4. The molecule has 2 rings (SSSR count). The van der Waals surface area contributed by atoms with Crippen molar-refractivity contribution in [1.82, 2.24) is 9.80 Å². The monoisotopic (exact) mass is 283 g/mol. The number of piperazine rings is 1. The van der Waals surface area contributed by atoms with E-state index in [-0.39, 0.29) is 11.5 Å². The Kier molecular flexibility index (Phi) is 4.42. The van der Waals surface area contributed by atoms with Gasteiger partial charge in [-0.1, -0.05) is 0 Å². The maximum atomic E-state index is 11.5. The molecule has 0 aromatic rings. The molecule has 0 radical (unpaired) electrons. The topological polar surface area (TPSA) is 58.8 Å². The van der Waals surface area contributed by atoms with Gasteiger partial charge >= 0.3 is 0 Å². The van der Waals surface area contributed by atoms with Gasteiger partial charge in [-0.2, -0.15) is 0 Å². The zero-order valence-electron chi connectivity index (χ0n) is 13.3. The Morgan fingerprint density at radius 1 is 1.30 bits per heavy atom. The standard InChI is InChI=1S/C15H29N3O2/c1-14(2)6-5-12(20-14)11-17-7-9-18(10-8-17)15(3,4)13(16)19/h12H,5-11H2,1-4H3,(H2,16,19). The SMILES string of the molecule is CC1(C)CCC(CN2CCN(C(C)(C)C(N)=O)CC2)O1. The summed E-state index contributed by atoms with van der Waals surface area (Å²) in [5, 5.41) is 0. The van der Waals surface area contributed by atoms with E-state index >= 15 is 0 Å². The third-order valence-corrected chi connectivity index (χ3v) is 4.78. The van der Waals surface area contributed by atoms with Crippen molar-refractivity contribution in [1.29, 1.82) is 0 Å². The summed E-state index contributed by atoms with van der Waals surface area (Å²) >= 11 is 0. The van der Waals surface area contributed by atoms with E-state index in [1.165, 1.54) is 0 Å². The average Bonchev–Trinajstić information content (AvgIpc) is 2.69. The number of hydrogen-bond acceptors (Lipinski definition) is 4. The predicted molar refractivity (Wildman–Crippen MR) is 79.5 cm³/mol. The minimum atomic E-state index is -0.544. The number of ether oxygens (including phenoxy) is 1. The molecule has 5 nitrogen and oxygen atoms in total. The van der Waals surface area contributed by atoms with Crippen LogP contribution in [-0.4, -0.2) is 65.7 Å². The first-order valence-corrected chi connectivity index (χ1v) is 7.66. The quantitative estimate of drug-likeness (QED) is 0.830. The molecule has 0 aliphatic carbocycles. The fourth-order valence-electron chi connectivity index (χ4n) is 3.14. The maximum absolute atomic E-state index is 11.5. The molecule has 0 aromatic carbocycles. The van der Waals surface area contributed by atoms with Crippen molar-refractivity contribution in [2.75, 3.05) is 32.7 Å². The summed E-state index contributed by atoms with van der Waals surface area (Å²) in [5.41, 5.74) is 4.98. The van der Waals surface area contributed by atoms with Crippen molar-refractivity contribution in [2.24, 2.45) is 5.73 Å². The molecule has 0 spiro atoms. The van der Waals surface area contributed by atoms with Crippen LogP contribution in [0.4, 0.5) is 0 Å². The van der Waals surface area contributed by atoms with Crippen molar-refractivity contribution in [3.8, 4) is 0 Å². The lowest BCUT2D eigenvalue weighted by Gasteiger charge is -2.42. The largest absolute Gasteiger partial charge is 0.371 e. The van der Waals surface area contributed by atoms with Gasteiger partial charge in [0.2, 0.25) is 5.91 Å². The van der Waals surface area contributed by atoms with Crippen molar-refractivity contribution in [3.05, 3.63) is 0 Å². The second kappa shape index (κ2) is 5.62. The first-order chi connectivity index (χ1) is 9.21. The van der Waals surface area contributed by atoms with Gasteiger partial charge in [-0.25, -0.2) is 0 Å². The number of carbonyl (C=O) groups excluding carboxylic acids is 1. The van der Waals surface area contributed by atoms with Gasteiger partial charge in [0.15, 0.2) is 0 Å². The molecular formula is C15H29N3O2. The third kappa shape index (κ3) is 3.51. The van der Waals surface area contributed by atoms with E-state index in [0.29, 0.717) is 6.10 Å². The molecular weight excluding hydrogens is 254 g/mol. The highest BCUT2D eigenvalue weighted by atomic mass is 16.5. The Balaban J connectivity index is 1.79. The van der Waals surface area contributed by atoms with E-state index in [2.05, 4.69) is 23.6 Å². The number of nitrogens with two attached hydrogens (primary N) is 1. The molecule has 2 saturated heterocycles. The normalized spacial score (nSPS) is 28.7. The van der Waals surface area contributed by atoms with Crippen molar-refractivity contribution < 1.29 is 9.53 Å². The number of hydrogen-bond donors (Lipinski definition) is 1. The van der Waals surface area contributed by atoms with Crippen LogP contribution < -0.4 is 5.73 Å². The Morgan fingerprint density at radius 3 is 2.35 bits per heavy atom. The second-order valence-electron chi connectivity index (χ2n) is 7.25. The van der Waals surface area contributed by atoms with Crippen molar-refractivity contribution in [2.45, 2.75) is 57.8 Å². The number of primary amides is 1. The minimum absolute atomic E-state index is 0.0421. The van der Waals surface area contributed by atoms with E-state index in [4.69, 9.17) is 10.5 Å². The van der Waals surface area contributed by atoms with E-state index in [0.717, 1.165) is 45.6 Å². The zero-order chi connectivity index (χ0) is 15.0. The fraction of sp³-hybridized carbons (Fsp3) is 0.933. The molecule has 2 fully saturated rings. The first-order valence-electron chi connectivity index (χ1n) is 7.66. The average molecular weight is 283 g/mol. The molecule has 20 heavy (non-hydrogen) atoms. The zero-order valence-corrected chi connectivity index (χ0v) is 13.3. The van der Waals surface area contributed by atoms with Gasteiger partial charge in [0, 0.05) is 32.7 Å². The lowest BCUT2D eigenvalue weighted by atomic mass is 10.0. The molecule has 1 unspecified atom stereocenters. The van der Waals surface area contributed by atoms with Gasteiger partial charge in [-0.15, -0.1) is 0 Å². The molecule has 5 heteroatoms. The van der Waals surface area contributed by atoms with Crippen LogP contribution in [-0.2, 0) is 9.53 Å². The Morgan fingerprint density at radius 2 is 1.90 bits per heavy atom. The molecule has 2 heterocycles. The first kappa shape index (κ1) is 15.7. The predicted octanol–water partition coefficient (Wildman–Crippen LogP) is 0.826. The summed E-state index contributed by atoms with van der Waals surface area (Å²) in [4.78, 5) is 16.1. The molecule has 2 N–H and O–H groups in total. The molecule has 116 valence electrons. The molecule has 0 aromatic heterocycles. The highest BCUT2D eigenvalue weighted by molar-refractivity contribution is 5.83.